The van der Waals surface area contributed by atoms with Crippen molar-refractivity contribution in [3.05, 3.63) is 69.2 Å². The summed E-state index contributed by atoms with van der Waals surface area (Å²) < 4.78 is 0.985. The van der Waals surface area contributed by atoms with Gasteiger partial charge in [-0.1, -0.05) is 57.9 Å². The van der Waals surface area contributed by atoms with Crippen LogP contribution in [0.4, 0.5) is 0 Å². The van der Waals surface area contributed by atoms with Crippen LogP contribution in [0.25, 0.3) is 0 Å². The standard InChI is InChI=1S/C15H12BrClN2O/c16-13-7-5-11(6-8-13)9-15(20)19-18-10-12-3-1-2-4-14(12)17/h1-8,10H,9H2,(H,19,20)/b18-10+. The Balaban J connectivity index is 1.89. The molecule has 5 heteroatoms. The molecule has 2 rings (SSSR count). The summed E-state index contributed by atoms with van der Waals surface area (Å²) in [5.41, 5.74) is 4.17. The first-order valence-corrected chi connectivity index (χ1v) is 7.13. The van der Waals surface area contributed by atoms with Crippen molar-refractivity contribution < 1.29 is 4.79 Å². The number of hydrazone groups is 1. The number of nitrogens with zero attached hydrogens (tertiary/aromatic N) is 1. The third-order valence-electron chi connectivity index (χ3n) is 2.58. The zero-order valence-corrected chi connectivity index (χ0v) is 12.9. The smallest absolute Gasteiger partial charge is 0.244 e. The van der Waals surface area contributed by atoms with Crippen LogP contribution in [-0.4, -0.2) is 12.1 Å². The Morgan fingerprint density at radius 2 is 1.90 bits per heavy atom. The quantitative estimate of drug-likeness (QED) is 0.661. The van der Waals surface area contributed by atoms with Crippen LogP contribution in [0.5, 0.6) is 0 Å². The first-order chi connectivity index (χ1) is 9.65. The molecule has 0 aromatic heterocycles. The molecule has 1 N–H and O–H groups in total. The zero-order chi connectivity index (χ0) is 14.4. The molecule has 20 heavy (non-hydrogen) atoms. The van der Waals surface area contributed by atoms with Gasteiger partial charge in [0.05, 0.1) is 12.6 Å². The van der Waals surface area contributed by atoms with Crippen molar-refractivity contribution in [3.63, 3.8) is 0 Å². The van der Waals surface area contributed by atoms with E-state index in [1.807, 2.05) is 42.5 Å². The third kappa shape index (κ3) is 4.47. The molecule has 0 heterocycles. The van der Waals surface area contributed by atoms with Crippen LogP contribution < -0.4 is 5.43 Å². The highest BCUT2D eigenvalue weighted by molar-refractivity contribution is 9.10. The highest BCUT2D eigenvalue weighted by atomic mass is 79.9. The highest BCUT2D eigenvalue weighted by Crippen LogP contribution is 2.12. The van der Waals surface area contributed by atoms with E-state index in [9.17, 15) is 4.79 Å². The molecular formula is C15H12BrClN2O. The van der Waals surface area contributed by atoms with Gasteiger partial charge in [-0.05, 0) is 23.8 Å². The molecule has 0 bridgehead atoms. The number of carbonyl (C=O) groups excluding carboxylic acids is 1. The average Bonchev–Trinajstić information content (AvgIpc) is 2.43. The fourth-order valence-electron chi connectivity index (χ4n) is 1.58. The number of carbonyl (C=O) groups is 1. The van der Waals surface area contributed by atoms with Crippen LogP contribution in [0.15, 0.2) is 58.1 Å². The van der Waals surface area contributed by atoms with Crippen LogP contribution in [0, 0.1) is 0 Å². The second-order valence-electron chi connectivity index (χ2n) is 4.12. The Kier molecular flexibility index (Phi) is 5.32. The lowest BCUT2D eigenvalue weighted by molar-refractivity contribution is -0.120. The van der Waals surface area contributed by atoms with Crippen LogP contribution in [-0.2, 0) is 11.2 Å². The molecule has 0 aliphatic carbocycles. The lowest BCUT2D eigenvalue weighted by Gasteiger charge is -2.01. The molecule has 0 saturated heterocycles. The molecule has 3 nitrogen and oxygen atoms in total. The average molecular weight is 352 g/mol. The molecule has 2 aromatic carbocycles. The molecule has 1 amide bonds. The second-order valence-corrected chi connectivity index (χ2v) is 5.44. The minimum atomic E-state index is -0.171. The molecule has 102 valence electrons. The van der Waals surface area contributed by atoms with Gasteiger partial charge in [-0.15, -0.1) is 0 Å². The van der Waals surface area contributed by atoms with Crippen molar-refractivity contribution in [2.75, 3.05) is 0 Å². The van der Waals surface area contributed by atoms with E-state index in [0.29, 0.717) is 5.02 Å². The maximum absolute atomic E-state index is 11.7. The summed E-state index contributed by atoms with van der Waals surface area (Å²) in [4.78, 5) is 11.7. The van der Waals surface area contributed by atoms with Gasteiger partial charge in [0, 0.05) is 15.1 Å². The van der Waals surface area contributed by atoms with E-state index < -0.39 is 0 Å². The molecule has 0 fully saturated rings. The summed E-state index contributed by atoms with van der Waals surface area (Å²) in [6.07, 6.45) is 1.81. The molecule has 0 aliphatic heterocycles. The van der Waals surface area contributed by atoms with Crippen molar-refractivity contribution in [2.24, 2.45) is 5.10 Å². The number of halogens is 2. The number of rotatable bonds is 4. The Morgan fingerprint density at radius 3 is 2.60 bits per heavy atom. The summed E-state index contributed by atoms with van der Waals surface area (Å²) in [6, 6.07) is 14.9. The van der Waals surface area contributed by atoms with Gasteiger partial charge in [0.25, 0.3) is 0 Å². The van der Waals surface area contributed by atoms with E-state index >= 15 is 0 Å². The zero-order valence-electron chi connectivity index (χ0n) is 10.5. The Bertz CT molecular complexity index is 626. The maximum atomic E-state index is 11.7. The lowest BCUT2D eigenvalue weighted by Crippen LogP contribution is -2.19. The van der Waals surface area contributed by atoms with Gasteiger partial charge in [0.2, 0.25) is 5.91 Å². The third-order valence-corrected chi connectivity index (χ3v) is 3.45. The molecule has 0 radical (unpaired) electrons. The minimum Gasteiger partial charge on any atom is -0.273 e. The summed E-state index contributed by atoms with van der Waals surface area (Å²) >= 11 is 9.33. The van der Waals surface area contributed by atoms with E-state index in [1.165, 1.54) is 6.21 Å². The van der Waals surface area contributed by atoms with Gasteiger partial charge in [0.1, 0.15) is 0 Å². The van der Waals surface area contributed by atoms with E-state index in [1.54, 1.807) is 6.07 Å². The summed E-state index contributed by atoms with van der Waals surface area (Å²) in [6.45, 7) is 0. The highest BCUT2D eigenvalue weighted by Gasteiger charge is 2.02. The van der Waals surface area contributed by atoms with Crippen LogP contribution in [0.2, 0.25) is 5.02 Å². The van der Waals surface area contributed by atoms with Crippen molar-refractivity contribution in [1.29, 1.82) is 0 Å². The van der Waals surface area contributed by atoms with Gasteiger partial charge < -0.3 is 0 Å². The molecule has 2 aromatic rings. The molecule has 0 aliphatic rings. The fraction of sp³-hybridized carbons (Fsp3) is 0.0667. The molecule has 0 unspecified atom stereocenters. The van der Waals surface area contributed by atoms with Gasteiger partial charge in [-0.25, -0.2) is 5.43 Å². The van der Waals surface area contributed by atoms with Gasteiger partial charge in [-0.2, -0.15) is 5.10 Å². The van der Waals surface area contributed by atoms with Crippen LogP contribution in [0.3, 0.4) is 0 Å². The van der Waals surface area contributed by atoms with E-state index in [0.717, 1.165) is 15.6 Å². The van der Waals surface area contributed by atoms with E-state index in [2.05, 4.69) is 26.5 Å². The van der Waals surface area contributed by atoms with Crippen molar-refractivity contribution in [3.8, 4) is 0 Å². The van der Waals surface area contributed by atoms with E-state index in [-0.39, 0.29) is 12.3 Å². The number of amides is 1. The van der Waals surface area contributed by atoms with Crippen LogP contribution in [0.1, 0.15) is 11.1 Å². The fourth-order valence-corrected chi connectivity index (χ4v) is 2.03. The van der Waals surface area contributed by atoms with Gasteiger partial charge in [0.15, 0.2) is 0 Å². The Morgan fingerprint density at radius 1 is 1.20 bits per heavy atom. The van der Waals surface area contributed by atoms with Crippen molar-refractivity contribution >= 4 is 39.7 Å². The minimum absolute atomic E-state index is 0.171. The monoisotopic (exact) mass is 350 g/mol. The number of hydrogen-bond donors (Lipinski definition) is 1. The molecular weight excluding hydrogens is 340 g/mol. The lowest BCUT2D eigenvalue weighted by atomic mass is 10.1. The van der Waals surface area contributed by atoms with Crippen LogP contribution >= 0.6 is 27.5 Å². The van der Waals surface area contributed by atoms with Crippen molar-refractivity contribution in [2.45, 2.75) is 6.42 Å². The summed E-state index contributed by atoms with van der Waals surface area (Å²) in [5.74, 6) is -0.171. The molecule has 0 atom stereocenters. The molecule has 0 spiro atoms. The largest absolute Gasteiger partial charge is 0.273 e. The second kappa shape index (κ2) is 7.22. The van der Waals surface area contributed by atoms with Gasteiger partial charge in [-0.3, -0.25) is 4.79 Å². The number of hydrogen-bond acceptors (Lipinski definition) is 2. The van der Waals surface area contributed by atoms with E-state index in [4.69, 9.17) is 11.6 Å². The first-order valence-electron chi connectivity index (χ1n) is 5.96. The van der Waals surface area contributed by atoms with Crippen molar-refractivity contribution in [1.82, 2.24) is 5.43 Å². The first kappa shape index (κ1) is 14.8. The predicted octanol–water partition coefficient (Wildman–Crippen LogP) is 3.80. The Hall–Kier alpha value is -1.65. The SMILES string of the molecule is O=C(Cc1ccc(Br)cc1)N/N=C/c1ccccc1Cl. The summed E-state index contributed by atoms with van der Waals surface area (Å²) in [5, 5.41) is 4.49. The topological polar surface area (TPSA) is 41.5 Å². The number of nitrogens with one attached hydrogen (secondary N) is 1. The van der Waals surface area contributed by atoms with Gasteiger partial charge >= 0.3 is 0 Å². The maximum Gasteiger partial charge on any atom is 0.244 e. The summed E-state index contributed by atoms with van der Waals surface area (Å²) in [7, 11) is 0. The number of benzene rings is 2. The normalized spacial score (nSPS) is 10.7. The predicted molar refractivity (Wildman–Crippen MR) is 85.0 cm³/mol. The Labute approximate surface area is 130 Å². The molecule has 0 saturated carbocycles.